The first kappa shape index (κ1) is 10.2. The fourth-order valence-corrected chi connectivity index (χ4v) is 0.707. The van der Waals surface area contributed by atoms with Crippen molar-refractivity contribution in [2.24, 2.45) is 4.99 Å². The van der Waals surface area contributed by atoms with Gasteiger partial charge in [0.15, 0.2) is 0 Å². The standard InChI is InChI=1S/C8H17N3/c1-8(11-7-10-3)5-4-6-9-2/h7,9H,1,4-6H2,2-3H3,(H,10,11). The first-order valence-electron chi connectivity index (χ1n) is 3.80. The quantitative estimate of drug-likeness (QED) is 0.337. The Kier molecular flexibility index (Phi) is 6.73. The zero-order chi connectivity index (χ0) is 8.53. The Bertz CT molecular complexity index is 129. The minimum Gasteiger partial charge on any atom is -0.351 e. The smallest absolute Gasteiger partial charge is 0.0861 e. The van der Waals surface area contributed by atoms with Crippen molar-refractivity contribution in [2.45, 2.75) is 12.8 Å². The first-order chi connectivity index (χ1) is 5.31. The summed E-state index contributed by atoms with van der Waals surface area (Å²) in [6.07, 6.45) is 3.76. The third-order valence-electron chi connectivity index (χ3n) is 1.30. The summed E-state index contributed by atoms with van der Waals surface area (Å²) >= 11 is 0. The molecule has 0 aromatic carbocycles. The van der Waals surface area contributed by atoms with Crippen LogP contribution in [-0.4, -0.2) is 27.0 Å². The lowest BCUT2D eigenvalue weighted by molar-refractivity contribution is 0.711. The maximum Gasteiger partial charge on any atom is 0.0861 e. The van der Waals surface area contributed by atoms with Crippen LogP contribution in [0, 0.1) is 0 Å². The second-order valence-electron chi connectivity index (χ2n) is 2.34. The summed E-state index contributed by atoms with van der Waals surface area (Å²) in [5.74, 6) is 0. The summed E-state index contributed by atoms with van der Waals surface area (Å²) in [6, 6.07) is 0. The summed E-state index contributed by atoms with van der Waals surface area (Å²) in [5, 5.41) is 6.05. The Morgan fingerprint density at radius 3 is 2.91 bits per heavy atom. The minimum atomic E-state index is 0.993. The summed E-state index contributed by atoms with van der Waals surface area (Å²) in [4.78, 5) is 3.79. The van der Waals surface area contributed by atoms with Gasteiger partial charge < -0.3 is 10.6 Å². The molecule has 64 valence electrons. The molecular formula is C8H17N3. The van der Waals surface area contributed by atoms with Crippen LogP contribution in [0.4, 0.5) is 0 Å². The van der Waals surface area contributed by atoms with Crippen molar-refractivity contribution < 1.29 is 0 Å². The van der Waals surface area contributed by atoms with Crippen LogP contribution in [0.3, 0.4) is 0 Å². The van der Waals surface area contributed by atoms with Crippen molar-refractivity contribution in [1.82, 2.24) is 10.6 Å². The van der Waals surface area contributed by atoms with Gasteiger partial charge in [0.1, 0.15) is 0 Å². The Balaban J connectivity index is 3.23. The number of nitrogens with zero attached hydrogens (tertiary/aromatic N) is 1. The van der Waals surface area contributed by atoms with E-state index in [-0.39, 0.29) is 0 Å². The monoisotopic (exact) mass is 155 g/mol. The summed E-state index contributed by atoms with van der Waals surface area (Å²) in [6.45, 7) is 4.87. The third kappa shape index (κ3) is 7.06. The van der Waals surface area contributed by atoms with Crippen LogP contribution in [0.5, 0.6) is 0 Å². The molecular weight excluding hydrogens is 138 g/mol. The lowest BCUT2D eigenvalue weighted by Crippen LogP contribution is -2.12. The molecule has 2 N–H and O–H groups in total. The molecule has 3 nitrogen and oxygen atoms in total. The number of hydrogen-bond acceptors (Lipinski definition) is 2. The zero-order valence-corrected chi connectivity index (χ0v) is 7.35. The second-order valence-corrected chi connectivity index (χ2v) is 2.34. The fourth-order valence-electron chi connectivity index (χ4n) is 0.707. The van der Waals surface area contributed by atoms with Gasteiger partial charge in [-0.25, -0.2) is 0 Å². The van der Waals surface area contributed by atoms with E-state index in [0.29, 0.717) is 0 Å². The number of aliphatic imine (C=N–C) groups is 1. The van der Waals surface area contributed by atoms with E-state index in [1.807, 2.05) is 7.05 Å². The van der Waals surface area contributed by atoms with Crippen LogP contribution in [0.1, 0.15) is 12.8 Å². The molecule has 0 radical (unpaired) electrons. The van der Waals surface area contributed by atoms with E-state index < -0.39 is 0 Å². The molecule has 0 fully saturated rings. The maximum atomic E-state index is 3.83. The normalized spacial score (nSPS) is 10.4. The number of nitrogens with one attached hydrogen (secondary N) is 2. The third-order valence-corrected chi connectivity index (χ3v) is 1.30. The molecule has 0 spiro atoms. The molecule has 0 aliphatic carbocycles. The van der Waals surface area contributed by atoms with Crippen LogP contribution in [0.2, 0.25) is 0 Å². The molecule has 0 amide bonds. The van der Waals surface area contributed by atoms with Crippen molar-refractivity contribution >= 4 is 6.34 Å². The highest BCUT2D eigenvalue weighted by molar-refractivity contribution is 5.56. The first-order valence-corrected chi connectivity index (χ1v) is 3.80. The highest BCUT2D eigenvalue weighted by Gasteiger charge is 1.89. The van der Waals surface area contributed by atoms with Crippen molar-refractivity contribution in [3.63, 3.8) is 0 Å². The van der Waals surface area contributed by atoms with Gasteiger partial charge in [-0.3, -0.25) is 4.99 Å². The average molecular weight is 155 g/mol. The van der Waals surface area contributed by atoms with Gasteiger partial charge in [0, 0.05) is 12.7 Å². The van der Waals surface area contributed by atoms with Crippen molar-refractivity contribution in [3.05, 3.63) is 12.3 Å². The van der Waals surface area contributed by atoms with Crippen LogP contribution >= 0.6 is 0 Å². The van der Waals surface area contributed by atoms with Gasteiger partial charge >= 0.3 is 0 Å². The predicted octanol–water partition coefficient (Wildman–Crippen LogP) is 0.747. The lowest BCUT2D eigenvalue weighted by atomic mass is 10.2. The van der Waals surface area contributed by atoms with E-state index in [4.69, 9.17) is 0 Å². The summed E-state index contributed by atoms with van der Waals surface area (Å²) in [5.41, 5.74) is 1.02. The van der Waals surface area contributed by atoms with Crippen LogP contribution in [0.25, 0.3) is 0 Å². The van der Waals surface area contributed by atoms with E-state index in [1.165, 1.54) is 0 Å². The molecule has 0 heterocycles. The van der Waals surface area contributed by atoms with Crippen LogP contribution < -0.4 is 10.6 Å². The van der Waals surface area contributed by atoms with Gasteiger partial charge in [-0.1, -0.05) is 6.58 Å². The molecule has 0 rings (SSSR count). The van der Waals surface area contributed by atoms with Gasteiger partial charge in [-0.2, -0.15) is 0 Å². The SMILES string of the molecule is C=C(CCCNC)NC=NC. The van der Waals surface area contributed by atoms with Gasteiger partial charge in [-0.05, 0) is 26.4 Å². The van der Waals surface area contributed by atoms with Crippen LogP contribution in [-0.2, 0) is 0 Å². The minimum absolute atomic E-state index is 0.993. The second kappa shape index (κ2) is 7.28. The molecule has 0 bridgehead atoms. The highest BCUT2D eigenvalue weighted by atomic mass is 14.9. The molecule has 0 aromatic heterocycles. The predicted molar refractivity (Wildman–Crippen MR) is 49.9 cm³/mol. The maximum absolute atomic E-state index is 3.83. The number of rotatable bonds is 6. The summed E-state index contributed by atoms with van der Waals surface area (Å²) in [7, 11) is 3.68. The molecule has 11 heavy (non-hydrogen) atoms. The van der Waals surface area contributed by atoms with E-state index in [2.05, 4.69) is 22.2 Å². The van der Waals surface area contributed by atoms with E-state index >= 15 is 0 Å². The Morgan fingerprint density at radius 2 is 2.36 bits per heavy atom. The van der Waals surface area contributed by atoms with Gasteiger partial charge in [0.2, 0.25) is 0 Å². The molecule has 0 unspecified atom stereocenters. The van der Waals surface area contributed by atoms with E-state index in [0.717, 1.165) is 25.1 Å². The van der Waals surface area contributed by atoms with Gasteiger partial charge in [-0.15, -0.1) is 0 Å². The molecule has 0 aromatic rings. The molecule has 0 saturated carbocycles. The molecule has 0 aliphatic rings. The highest BCUT2D eigenvalue weighted by Crippen LogP contribution is 1.95. The van der Waals surface area contributed by atoms with Crippen LogP contribution in [0.15, 0.2) is 17.3 Å². The summed E-state index contributed by atoms with van der Waals surface area (Å²) < 4.78 is 0. The Morgan fingerprint density at radius 1 is 1.64 bits per heavy atom. The Labute approximate surface area is 68.6 Å². The Hall–Kier alpha value is -0.830. The molecule has 0 aliphatic heterocycles. The zero-order valence-electron chi connectivity index (χ0n) is 7.35. The fraction of sp³-hybridized carbons (Fsp3) is 0.625. The lowest BCUT2D eigenvalue weighted by Gasteiger charge is -2.03. The van der Waals surface area contributed by atoms with Crippen molar-refractivity contribution in [1.29, 1.82) is 0 Å². The van der Waals surface area contributed by atoms with Gasteiger partial charge in [0.05, 0.1) is 6.34 Å². The van der Waals surface area contributed by atoms with Crippen molar-refractivity contribution in [2.75, 3.05) is 20.6 Å². The largest absolute Gasteiger partial charge is 0.351 e. The molecule has 0 saturated heterocycles. The van der Waals surface area contributed by atoms with Gasteiger partial charge in [0.25, 0.3) is 0 Å². The van der Waals surface area contributed by atoms with E-state index in [9.17, 15) is 0 Å². The average Bonchev–Trinajstić information content (AvgIpc) is 2.01. The topological polar surface area (TPSA) is 36.4 Å². The van der Waals surface area contributed by atoms with E-state index in [1.54, 1.807) is 13.4 Å². The molecule has 3 heteroatoms. The molecule has 0 atom stereocenters. The van der Waals surface area contributed by atoms with Crippen molar-refractivity contribution in [3.8, 4) is 0 Å². The number of hydrogen-bond donors (Lipinski definition) is 2. The number of allylic oxidation sites excluding steroid dienone is 1.